The number of nitrogens with one attached hydrogen (secondary N) is 3. The van der Waals surface area contributed by atoms with Crippen molar-refractivity contribution in [2.75, 3.05) is 19.6 Å². The molecule has 35 heavy (non-hydrogen) atoms. The zero-order valence-corrected chi connectivity index (χ0v) is 20.5. The van der Waals surface area contributed by atoms with Crippen molar-refractivity contribution in [1.82, 2.24) is 20.2 Å². The van der Waals surface area contributed by atoms with Gasteiger partial charge in [-0.1, -0.05) is 6.92 Å². The van der Waals surface area contributed by atoms with Crippen molar-refractivity contribution in [3.8, 4) is 0 Å². The van der Waals surface area contributed by atoms with E-state index in [4.69, 9.17) is 0 Å². The Labute approximate surface area is 206 Å². The lowest BCUT2D eigenvalue weighted by Crippen LogP contribution is -2.29. The fourth-order valence-corrected chi connectivity index (χ4v) is 4.88. The van der Waals surface area contributed by atoms with Crippen molar-refractivity contribution in [1.29, 1.82) is 0 Å². The van der Waals surface area contributed by atoms with Gasteiger partial charge in [0, 0.05) is 52.8 Å². The van der Waals surface area contributed by atoms with Crippen LogP contribution in [0.1, 0.15) is 50.2 Å². The number of nitrogens with zero attached hydrogens (tertiary/aromatic N) is 1. The minimum Gasteiger partial charge on any atom is -0.361 e. The number of benzene rings is 2. The molecule has 0 amide bonds. The van der Waals surface area contributed by atoms with E-state index in [1.54, 1.807) is 18.2 Å². The van der Waals surface area contributed by atoms with Crippen LogP contribution in [0.3, 0.4) is 0 Å². The average molecular weight is 479 g/mol. The Morgan fingerprint density at radius 3 is 1.97 bits per heavy atom. The molecule has 2 aromatic carbocycles. The van der Waals surface area contributed by atoms with Crippen molar-refractivity contribution in [3.05, 3.63) is 71.6 Å². The number of rotatable bonds is 10. The molecule has 186 valence electrons. The number of aromatic amines is 2. The molecule has 0 radical (unpaired) electrons. The van der Waals surface area contributed by atoms with Crippen LogP contribution in [-0.4, -0.2) is 46.6 Å². The molecule has 2 heterocycles. The first-order chi connectivity index (χ1) is 17.1. The van der Waals surface area contributed by atoms with Crippen LogP contribution in [0, 0.1) is 11.6 Å². The molecule has 2 aliphatic carbocycles. The van der Waals surface area contributed by atoms with Crippen molar-refractivity contribution in [2.24, 2.45) is 0 Å². The Balaban J connectivity index is 0.000000147. The Hall–Kier alpha value is -2.70. The van der Waals surface area contributed by atoms with Crippen LogP contribution in [-0.2, 0) is 12.8 Å². The Kier molecular flexibility index (Phi) is 7.49. The summed E-state index contributed by atoms with van der Waals surface area (Å²) >= 11 is 0. The molecular formula is C29H36F2N4. The van der Waals surface area contributed by atoms with E-state index < -0.39 is 0 Å². The lowest BCUT2D eigenvalue weighted by molar-refractivity contribution is 0.267. The maximum Gasteiger partial charge on any atom is 0.123 e. The monoisotopic (exact) mass is 478 g/mol. The average Bonchev–Trinajstić information content (AvgIpc) is 3.78. The third kappa shape index (κ3) is 6.30. The standard InChI is InChI=1S/C16H21FN2.C13H15FN2/c1-2-8-19(14-4-5-14)9-7-12-11-18-16-6-3-13(17)10-15(12)16;14-10-1-4-13-12(7-10)9(8-16-13)5-6-15-11-2-3-11/h3,6,10-11,14,18H,2,4-5,7-9H2,1H3;1,4,7-8,11,15-16H,2-3,5-6H2. The van der Waals surface area contributed by atoms with Crippen LogP contribution in [0.15, 0.2) is 48.8 Å². The molecule has 0 atom stereocenters. The van der Waals surface area contributed by atoms with Crippen LogP contribution in [0.25, 0.3) is 21.8 Å². The van der Waals surface area contributed by atoms with Gasteiger partial charge in [-0.2, -0.15) is 0 Å². The van der Waals surface area contributed by atoms with E-state index in [0.29, 0.717) is 0 Å². The van der Waals surface area contributed by atoms with Crippen LogP contribution in [0.5, 0.6) is 0 Å². The number of H-pyrrole nitrogens is 2. The molecule has 4 aromatic rings. The van der Waals surface area contributed by atoms with Gasteiger partial charge in [0.1, 0.15) is 11.6 Å². The third-order valence-electron chi connectivity index (χ3n) is 7.11. The number of halogens is 2. The van der Waals surface area contributed by atoms with E-state index in [-0.39, 0.29) is 11.6 Å². The van der Waals surface area contributed by atoms with E-state index in [1.165, 1.54) is 61.9 Å². The first kappa shape index (κ1) is 24.0. The largest absolute Gasteiger partial charge is 0.361 e. The normalized spacial score (nSPS) is 15.7. The van der Waals surface area contributed by atoms with Crippen molar-refractivity contribution in [2.45, 2.75) is 64.0 Å². The molecular weight excluding hydrogens is 442 g/mol. The summed E-state index contributed by atoms with van der Waals surface area (Å²) in [6.07, 6.45) is 12.5. The van der Waals surface area contributed by atoms with E-state index in [1.807, 2.05) is 18.5 Å². The summed E-state index contributed by atoms with van der Waals surface area (Å²) in [7, 11) is 0. The molecule has 2 aliphatic rings. The van der Waals surface area contributed by atoms with Crippen LogP contribution in [0.4, 0.5) is 8.78 Å². The van der Waals surface area contributed by atoms with Gasteiger partial charge in [0.05, 0.1) is 0 Å². The van der Waals surface area contributed by atoms with Gasteiger partial charge in [0.25, 0.3) is 0 Å². The summed E-state index contributed by atoms with van der Waals surface area (Å²) in [4.78, 5) is 8.99. The van der Waals surface area contributed by atoms with Crippen LogP contribution >= 0.6 is 0 Å². The molecule has 2 aromatic heterocycles. The van der Waals surface area contributed by atoms with Gasteiger partial charge in [0.2, 0.25) is 0 Å². The van der Waals surface area contributed by atoms with Crippen molar-refractivity contribution >= 4 is 21.8 Å². The predicted molar refractivity (Wildman–Crippen MR) is 140 cm³/mol. The second-order valence-corrected chi connectivity index (χ2v) is 10.0. The highest BCUT2D eigenvalue weighted by atomic mass is 19.1. The third-order valence-corrected chi connectivity index (χ3v) is 7.11. The SMILES string of the molecule is CCCN(CCc1c[nH]c2ccc(F)cc12)C1CC1.Fc1ccc2[nH]cc(CCNC3CC3)c2c1. The fourth-order valence-electron chi connectivity index (χ4n) is 4.88. The molecule has 0 saturated heterocycles. The molecule has 2 saturated carbocycles. The summed E-state index contributed by atoms with van der Waals surface area (Å²) in [5.74, 6) is -0.315. The summed E-state index contributed by atoms with van der Waals surface area (Å²) in [6.45, 7) is 5.48. The van der Waals surface area contributed by atoms with E-state index in [9.17, 15) is 8.78 Å². The summed E-state index contributed by atoms with van der Waals surface area (Å²) in [5, 5.41) is 5.51. The molecule has 3 N–H and O–H groups in total. The van der Waals surface area contributed by atoms with Crippen molar-refractivity contribution in [3.63, 3.8) is 0 Å². The second-order valence-electron chi connectivity index (χ2n) is 10.0. The Morgan fingerprint density at radius 1 is 0.829 bits per heavy atom. The molecule has 0 spiro atoms. The van der Waals surface area contributed by atoms with Gasteiger partial charge in [-0.3, -0.25) is 0 Å². The minimum absolute atomic E-state index is 0.152. The molecule has 0 unspecified atom stereocenters. The summed E-state index contributed by atoms with van der Waals surface area (Å²) in [6, 6.07) is 11.4. The van der Waals surface area contributed by atoms with Crippen LogP contribution in [0.2, 0.25) is 0 Å². The van der Waals surface area contributed by atoms with Gasteiger partial charge >= 0.3 is 0 Å². The first-order valence-corrected chi connectivity index (χ1v) is 13.1. The van der Waals surface area contributed by atoms with Gasteiger partial charge in [0.15, 0.2) is 0 Å². The summed E-state index contributed by atoms with van der Waals surface area (Å²) in [5.41, 5.74) is 4.48. The van der Waals surface area contributed by atoms with Crippen molar-refractivity contribution < 1.29 is 8.78 Å². The van der Waals surface area contributed by atoms with Gasteiger partial charge in [-0.05, 0) is 106 Å². The second kappa shape index (κ2) is 10.9. The molecule has 0 aliphatic heterocycles. The number of aromatic nitrogens is 2. The molecule has 6 heteroatoms. The smallest absolute Gasteiger partial charge is 0.123 e. The number of hydrogen-bond acceptors (Lipinski definition) is 2. The predicted octanol–water partition coefficient (Wildman–Crippen LogP) is 6.33. The highest BCUT2D eigenvalue weighted by Gasteiger charge is 2.28. The highest BCUT2D eigenvalue weighted by Crippen LogP contribution is 2.28. The lowest BCUT2D eigenvalue weighted by Gasteiger charge is -2.20. The quantitative estimate of drug-likeness (QED) is 0.250. The maximum atomic E-state index is 13.3. The molecule has 6 rings (SSSR count). The number of hydrogen-bond donors (Lipinski definition) is 3. The maximum absolute atomic E-state index is 13.3. The highest BCUT2D eigenvalue weighted by molar-refractivity contribution is 5.83. The van der Waals surface area contributed by atoms with E-state index >= 15 is 0 Å². The van der Waals surface area contributed by atoms with E-state index in [2.05, 4.69) is 27.1 Å². The Bertz CT molecular complexity index is 1250. The number of fused-ring (bicyclic) bond motifs is 2. The van der Waals surface area contributed by atoms with E-state index in [0.717, 1.165) is 59.8 Å². The van der Waals surface area contributed by atoms with Gasteiger partial charge in [-0.25, -0.2) is 8.78 Å². The molecule has 2 fully saturated rings. The fraction of sp³-hybridized carbons (Fsp3) is 0.448. The lowest BCUT2D eigenvalue weighted by atomic mass is 10.1. The van der Waals surface area contributed by atoms with Crippen LogP contribution < -0.4 is 5.32 Å². The molecule has 4 nitrogen and oxygen atoms in total. The molecule has 0 bridgehead atoms. The zero-order chi connectivity index (χ0) is 24.2. The summed E-state index contributed by atoms with van der Waals surface area (Å²) < 4.78 is 26.5. The topological polar surface area (TPSA) is 46.9 Å². The zero-order valence-electron chi connectivity index (χ0n) is 20.5. The first-order valence-electron chi connectivity index (χ1n) is 13.1. The van der Waals surface area contributed by atoms with Gasteiger partial charge < -0.3 is 20.2 Å². The Morgan fingerprint density at radius 2 is 1.43 bits per heavy atom. The van der Waals surface area contributed by atoms with Gasteiger partial charge in [-0.15, -0.1) is 0 Å². The minimum atomic E-state index is -0.163.